The Morgan fingerprint density at radius 1 is 1.14 bits per heavy atom. The molecule has 0 radical (unpaired) electrons. The van der Waals surface area contributed by atoms with Crippen LogP contribution in [0, 0.1) is 0 Å². The van der Waals surface area contributed by atoms with Crippen LogP contribution in [-0.2, 0) is 9.47 Å². The van der Waals surface area contributed by atoms with Crippen molar-refractivity contribution in [2.24, 2.45) is 4.99 Å². The lowest BCUT2D eigenvalue weighted by Gasteiger charge is -2.33. The summed E-state index contributed by atoms with van der Waals surface area (Å²) in [5.41, 5.74) is -0.841. The molecule has 29 heavy (non-hydrogen) atoms. The van der Waals surface area contributed by atoms with E-state index in [0.717, 1.165) is 64.8 Å². The van der Waals surface area contributed by atoms with E-state index in [1.807, 2.05) is 6.92 Å². The van der Waals surface area contributed by atoms with Crippen LogP contribution < -0.4 is 10.6 Å². The minimum absolute atomic E-state index is 0.379. The fraction of sp³-hybridized carbons (Fsp3) is 0.955. The number of ether oxygens (including phenoxy) is 2. The van der Waals surface area contributed by atoms with Gasteiger partial charge in [0.1, 0.15) is 0 Å². The monoisotopic (exact) mass is 412 g/mol. The highest BCUT2D eigenvalue weighted by molar-refractivity contribution is 5.79. The van der Waals surface area contributed by atoms with Gasteiger partial charge in [0.05, 0.1) is 31.5 Å². The van der Waals surface area contributed by atoms with E-state index < -0.39 is 5.60 Å². The van der Waals surface area contributed by atoms with Crippen molar-refractivity contribution in [2.45, 2.75) is 76.9 Å². The zero-order chi connectivity index (χ0) is 20.8. The second-order valence-electron chi connectivity index (χ2n) is 8.70. The number of hydrogen-bond donors (Lipinski definition) is 3. The van der Waals surface area contributed by atoms with Gasteiger partial charge in [-0.25, -0.2) is 0 Å². The van der Waals surface area contributed by atoms with Crippen LogP contribution in [0.15, 0.2) is 4.99 Å². The molecule has 3 N–H and O–H groups in total. The van der Waals surface area contributed by atoms with Gasteiger partial charge in [0.15, 0.2) is 5.96 Å². The molecule has 1 aliphatic carbocycles. The maximum Gasteiger partial charge on any atom is 0.191 e. The SMILES string of the molecule is CCNC(=NCC(C)(O)CN1CCOCC1)NCCCCOC1CCCCCC1. The number of unbranched alkanes of at least 4 members (excludes halogenated alkanes) is 1. The molecule has 2 fully saturated rings. The Bertz CT molecular complexity index is 445. The van der Waals surface area contributed by atoms with Crippen molar-refractivity contribution >= 4 is 5.96 Å². The number of guanidine groups is 1. The van der Waals surface area contributed by atoms with E-state index in [4.69, 9.17) is 9.47 Å². The molecule has 0 amide bonds. The number of aliphatic hydroxyl groups is 1. The van der Waals surface area contributed by atoms with E-state index in [0.29, 0.717) is 19.2 Å². The lowest BCUT2D eigenvalue weighted by Crippen LogP contribution is -2.48. The molecule has 2 aliphatic rings. The average Bonchev–Trinajstić information content (AvgIpc) is 2.98. The fourth-order valence-corrected chi connectivity index (χ4v) is 3.97. The summed E-state index contributed by atoms with van der Waals surface area (Å²) >= 11 is 0. The molecule has 1 saturated carbocycles. The van der Waals surface area contributed by atoms with Gasteiger partial charge in [-0.15, -0.1) is 0 Å². The summed E-state index contributed by atoms with van der Waals surface area (Å²) in [5.74, 6) is 0.777. The number of rotatable bonds is 11. The quantitative estimate of drug-likeness (QED) is 0.209. The van der Waals surface area contributed by atoms with Crippen LogP contribution in [-0.4, -0.2) is 86.8 Å². The maximum atomic E-state index is 10.7. The molecular weight excluding hydrogens is 368 g/mol. The second kappa shape index (κ2) is 14.2. The van der Waals surface area contributed by atoms with E-state index in [1.165, 1.54) is 38.5 Å². The topological polar surface area (TPSA) is 78.4 Å². The molecule has 1 aliphatic heterocycles. The average molecular weight is 413 g/mol. The van der Waals surface area contributed by atoms with Crippen LogP contribution in [0.1, 0.15) is 65.2 Å². The van der Waals surface area contributed by atoms with Gasteiger partial charge < -0.3 is 25.2 Å². The van der Waals surface area contributed by atoms with Crippen LogP contribution in [0.2, 0.25) is 0 Å². The van der Waals surface area contributed by atoms with E-state index in [2.05, 4.69) is 27.4 Å². The van der Waals surface area contributed by atoms with E-state index in [-0.39, 0.29) is 0 Å². The predicted octanol–water partition coefficient (Wildman–Crippen LogP) is 2.14. The van der Waals surface area contributed by atoms with Crippen LogP contribution >= 0.6 is 0 Å². The lowest BCUT2D eigenvalue weighted by atomic mass is 10.1. The van der Waals surface area contributed by atoms with Crippen LogP contribution in [0.3, 0.4) is 0 Å². The van der Waals surface area contributed by atoms with E-state index in [1.54, 1.807) is 0 Å². The van der Waals surface area contributed by atoms with Crippen molar-refractivity contribution in [3.63, 3.8) is 0 Å². The number of morpholine rings is 1. The van der Waals surface area contributed by atoms with Crippen molar-refractivity contribution in [2.75, 3.05) is 59.1 Å². The Balaban J connectivity index is 1.61. The number of β-amino-alcohol motifs (C(OH)–C–C–N with tert-alkyl or cyclic N) is 1. The molecule has 0 aromatic carbocycles. The number of hydrogen-bond acceptors (Lipinski definition) is 5. The highest BCUT2D eigenvalue weighted by Gasteiger charge is 2.25. The third kappa shape index (κ3) is 11.2. The molecule has 7 nitrogen and oxygen atoms in total. The standard InChI is InChI=1S/C22H44N4O3/c1-3-23-21(25-18-22(2,27)19-26-13-16-28-17-14-26)24-12-8-9-15-29-20-10-6-4-5-7-11-20/h20,27H,3-19H2,1-2H3,(H2,23,24,25). The number of aliphatic imine (C=N–C) groups is 1. The molecule has 1 atom stereocenters. The van der Waals surface area contributed by atoms with Gasteiger partial charge in [-0.1, -0.05) is 25.7 Å². The van der Waals surface area contributed by atoms with E-state index in [9.17, 15) is 5.11 Å². The molecule has 1 unspecified atom stereocenters. The van der Waals surface area contributed by atoms with Gasteiger partial charge in [0.2, 0.25) is 0 Å². The van der Waals surface area contributed by atoms with Crippen LogP contribution in [0.4, 0.5) is 0 Å². The zero-order valence-electron chi connectivity index (χ0n) is 18.8. The molecule has 1 heterocycles. The molecule has 2 rings (SSSR count). The van der Waals surface area contributed by atoms with Gasteiger partial charge >= 0.3 is 0 Å². The highest BCUT2D eigenvalue weighted by Crippen LogP contribution is 2.19. The van der Waals surface area contributed by atoms with Crippen LogP contribution in [0.5, 0.6) is 0 Å². The van der Waals surface area contributed by atoms with Crippen molar-refractivity contribution in [1.29, 1.82) is 0 Å². The third-order valence-electron chi connectivity index (χ3n) is 5.61. The second-order valence-corrected chi connectivity index (χ2v) is 8.70. The normalized spacial score (nSPS) is 22.1. The minimum atomic E-state index is -0.841. The van der Waals surface area contributed by atoms with Gasteiger partial charge in [0.25, 0.3) is 0 Å². The predicted molar refractivity (Wildman–Crippen MR) is 119 cm³/mol. The van der Waals surface area contributed by atoms with Crippen molar-refractivity contribution in [3.05, 3.63) is 0 Å². The third-order valence-corrected chi connectivity index (χ3v) is 5.61. The maximum absolute atomic E-state index is 10.7. The van der Waals surface area contributed by atoms with Crippen molar-refractivity contribution < 1.29 is 14.6 Å². The summed E-state index contributed by atoms with van der Waals surface area (Å²) in [4.78, 5) is 6.85. The minimum Gasteiger partial charge on any atom is -0.387 e. The van der Waals surface area contributed by atoms with Gasteiger partial charge in [0, 0.05) is 39.3 Å². The van der Waals surface area contributed by atoms with Crippen molar-refractivity contribution in [1.82, 2.24) is 15.5 Å². The Kier molecular flexibility index (Phi) is 11.9. The molecule has 0 bridgehead atoms. The molecule has 0 aromatic heterocycles. The van der Waals surface area contributed by atoms with Gasteiger partial charge in [-0.2, -0.15) is 0 Å². The molecular formula is C22H44N4O3. The lowest BCUT2D eigenvalue weighted by molar-refractivity contribution is -0.0179. The number of nitrogens with zero attached hydrogens (tertiary/aromatic N) is 2. The smallest absolute Gasteiger partial charge is 0.191 e. The Hall–Kier alpha value is -0.890. The van der Waals surface area contributed by atoms with Crippen LogP contribution in [0.25, 0.3) is 0 Å². The largest absolute Gasteiger partial charge is 0.387 e. The van der Waals surface area contributed by atoms with Gasteiger partial charge in [-0.05, 0) is 39.5 Å². The number of nitrogens with one attached hydrogen (secondary N) is 2. The fourth-order valence-electron chi connectivity index (χ4n) is 3.97. The summed E-state index contributed by atoms with van der Waals surface area (Å²) < 4.78 is 11.4. The molecule has 170 valence electrons. The van der Waals surface area contributed by atoms with E-state index >= 15 is 0 Å². The summed E-state index contributed by atoms with van der Waals surface area (Å²) in [6.07, 6.45) is 10.5. The first-order chi connectivity index (χ1) is 14.1. The zero-order valence-corrected chi connectivity index (χ0v) is 18.8. The Morgan fingerprint density at radius 3 is 2.55 bits per heavy atom. The first-order valence-corrected chi connectivity index (χ1v) is 11.8. The molecule has 1 saturated heterocycles. The first-order valence-electron chi connectivity index (χ1n) is 11.8. The first kappa shape index (κ1) is 24.4. The summed E-state index contributed by atoms with van der Waals surface area (Å²) in [6.45, 7) is 10.7. The van der Waals surface area contributed by atoms with Gasteiger partial charge in [-0.3, -0.25) is 9.89 Å². The molecule has 0 aromatic rings. The summed E-state index contributed by atoms with van der Waals surface area (Å²) in [7, 11) is 0. The van der Waals surface area contributed by atoms with Crippen molar-refractivity contribution in [3.8, 4) is 0 Å². The molecule has 7 heteroatoms. The summed E-state index contributed by atoms with van der Waals surface area (Å²) in [5, 5.41) is 17.4. The molecule has 0 spiro atoms. The highest BCUT2D eigenvalue weighted by atomic mass is 16.5. The Morgan fingerprint density at radius 2 is 1.86 bits per heavy atom. The summed E-state index contributed by atoms with van der Waals surface area (Å²) in [6, 6.07) is 0. The Labute approximate surface area is 177 Å².